The third-order valence-corrected chi connectivity index (χ3v) is 4.17. The molecule has 1 aliphatic heterocycles. The maximum atomic E-state index is 9.67. The van der Waals surface area contributed by atoms with Crippen molar-refractivity contribution in [2.24, 2.45) is 11.3 Å². The SMILES string of the molecule is CC(C)(C)[C@@H]1CCN(c2nccc(C#N)n2)[C@H](CO)C1. The number of aliphatic hydroxyl groups excluding tert-OH is 1. The molecular formula is C15H22N4O. The van der Waals surface area contributed by atoms with E-state index in [1.54, 1.807) is 12.3 Å². The van der Waals surface area contributed by atoms with Gasteiger partial charge in [0, 0.05) is 12.7 Å². The van der Waals surface area contributed by atoms with Crippen molar-refractivity contribution in [3.05, 3.63) is 18.0 Å². The molecule has 0 saturated carbocycles. The molecule has 1 N–H and O–H groups in total. The number of piperidine rings is 1. The van der Waals surface area contributed by atoms with E-state index in [0.29, 0.717) is 17.6 Å². The minimum absolute atomic E-state index is 0.0296. The number of hydrogen-bond donors (Lipinski definition) is 1. The van der Waals surface area contributed by atoms with Crippen LogP contribution in [0.15, 0.2) is 12.3 Å². The van der Waals surface area contributed by atoms with Crippen molar-refractivity contribution in [2.75, 3.05) is 18.1 Å². The highest BCUT2D eigenvalue weighted by Gasteiger charge is 2.35. The quantitative estimate of drug-likeness (QED) is 0.892. The van der Waals surface area contributed by atoms with Crippen molar-refractivity contribution in [2.45, 2.75) is 39.7 Å². The molecule has 1 aromatic heterocycles. The van der Waals surface area contributed by atoms with Gasteiger partial charge in [0.2, 0.25) is 5.95 Å². The van der Waals surface area contributed by atoms with Gasteiger partial charge in [0.1, 0.15) is 11.8 Å². The molecule has 1 aromatic rings. The van der Waals surface area contributed by atoms with Crippen LogP contribution in [0.25, 0.3) is 0 Å². The first-order chi connectivity index (χ1) is 9.45. The van der Waals surface area contributed by atoms with Gasteiger partial charge < -0.3 is 10.0 Å². The third kappa shape index (κ3) is 3.07. The Kier molecular flexibility index (Phi) is 4.24. The molecule has 0 bridgehead atoms. The summed E-state index contributed by atoms with van der Waals surface area (Å²) in [4.78, 5) is 10.5. The highest BCUT2D eigenvalue weighted by molar-refractivity contribution is 5.36. The van der Waals surface area contributed by atoms with Gasteiger partial charge >= 0.3 is 0 Å². The molecular weight excluding hydrogens is 252 g/mol. The topological polar surface area (TPSA) is 73.0 Å². The summed E-state index contributed by atoms with van der Waals surface area (Å²) in [5, 5.41) is 18.6. The predicted octanol–water partition coefficient (Wildman–Crippen LogP) is 1.97. The lowest BCUT2D eigenvalue weighted by Gasteiger charge is -2.43. The molecule has 20 heavy (non-hydrogen) atoms. The second-order valence-electron chi connectivity index (χ2n) is 6.47. The van der Waals surface area contributed by atoms with Crippen LogP contribution in [0.5, 0.6) is 0 Å². The van der Waals surface area contributed by atoms with Gasteiger partial charge in [0.25, 0.3) is 0 Å². The number of anilines is 1. The molecule has 0 spiro atoms. The Morgan fingerprint density at radius 3 is 2.85 bits per heavy atom. The predicted molar refractivity (Wildman–Crippen MR) is 77.1 cm³/mol. The van der Waals surface area contributed by atoms with Crippen LogP contribution < -0.4 is 4.90 Å². The molecule has 0 unspecified atom stereocenters. The van der Waals surface area contributed by atoms with E-state index in [1.807, 2.05) is 11.0 Å². The van der Waals surface area contributed by atoms with E-state index >= 15 is 0 Å². The average Bonchev–Trinajstić information content (AvgIpc) is 2.45. The van der Waals surface area contributed by atoms with Gasteiger partial charge in [-0.3, -0.25) is 0 Å². The van der Waals surface area contributed by atoms with Crippen molar-refractivity contribution in [1.29, 1.82) is 5.26 Å². The normalized spacial score (nSPS) is 23.4. The van der Waals surface area contributed by atoms with E-state index in [9.17, 15) is 5.11 Å². The number of nitriles is 1. The van der Waals surface area contributed by atoms with E-state index in [4.69, 9.17) is 5.26 Å². The van der Waals surface area contributed by atoms with Crippen LogP contribution in [0, 0.1) is 22.7 Å². The van der Waals surface area contributed by atoms with Crippen LogP contribution in [-0.4, -0.2) is 34.3 Å². The first-order valence-corrected chi connectivity index (χ1v) is 7.06. The lowest BCUT2D eigenvalue weighted by Crippen LogP contribution is -2.48. The molecule has 2 heterocycles. The second kappa shape index (κ2) is 5.76. The summed E-state index contributed by atoms with van der Waals surface area (Å²) in [5.74, 6) is 1.13. The smallest absolute Gasteiger partial charge is 0.226 e. The van der Waals surface area contributed by atoms with Crippen molar-refractivity contribution in [1.82, 2.24) is 9.97 Å². The Balaban J connectivity index is 2.19. The van der Waals surface area contributed by atoms with Crippen LogP contribution in [0.4, 0.5) is 5.95 Å². The highest BCUT2D eigenvalue weighted by atomic mass is 16.3. The van der Waals surface area contributed by atoms with Crippen LogP contribution in [0.1, 0.15) is 39.3 Å². The van der Waals surface area contributed by atoms with Crippen molar-refractivity contribution in [3.63, 3.8) is 0 Å². The lowest BCUT2D eigenvalue weighted by molar-refractivity contribution is 0.144. The van der Waals surface area contributed by atoms with Gasteiger partial charge in [0.15, 0.2) is 0 Å². The lowest BCUT2D eigenvalue weighted by atomic mass is 9.73. The number of aromatic nitrogens is 2. The first-order valence-electron chi connectivity index (χ1n) is 7.06. The van der Waals surface area contributed by atoms with E-state index in [1.165, 1.54) is 0 Å². The van der Waals surface area contributed by atoms with Crippen LogP contribution >= 0.6 is 0 Å². The van der Waals surface area contributed by atoms with E-state index in [2.05, 4.69) is 30.7 Å². The Morgan fingerprint density at radius 2 is 2.25 bits per heavy atom. The largest absolute Gasteiger partial charge is 0.394 e. The molecule has 1 fully saturated rings. The summed E-state index contributed by atoms with van der Waals surface area (Å²) in [7, 11) is 0. The summed E-state index contributed by atoms with van der Waals surface area (Å²) in [5.41, 5.74) is 0.610. The zero-order valence-electron chi connectivity index (χ0n) is 12.4. The van der Waals surface area contributed by atoms with Gasteiger partial charge in [0.05, 0.1) is 12.6 Å². The maximum Gasteiger partial charge on any atom is 0.226 e. The molecule has 0 aliphatic carbocycles. The zero-order chi connectivity index (χ0) is 14.8. The minimum atomic E-state index is 0.0296. The van der Waals surface area contributed by atoms with Gasteiger partial charge in [-0.1, -0.05) is 20.8 Å². The number of hydrogen-bond acceptors (Lipinski definition) is 5. The maximum absolute atomic E-state index is 9.67. The van der Waals surface area contributed by atoms with E-state index < -0.39 is 0 Å². The fourth-order valence-corrected chi connectivity index (χ4v) is 2.82. The molecule has 108 valence electrons. The van der Waals surface area contributed by atoms with Gasteiger partial charge in [-0.25, -0.2) is 9.97 Å². The Hall–Kier alpha value is -1.67. The summed E-state index contributed by atoms with van der Waals surface area (Å²) in [6, 6.07) is 3.66. The molecule has 0 amide bonds. The van der Waals surface area contributed by atoms with Crippen LogP contribution in [-0.2, 0) is 0 Å². The van der Waals surface area contributed by atoms with Gasteiger partial charge in [-0.05, 0) is 30.2 Å². The standard InChI is InChI=1S/C15H22N4O/c1-15(2,3)11-5-7-19(13(8-11)10-20)14-17-6-4-12(9-16)18-14/h4,6,11,13,20H,5,7-8,10H2,1-3H3/t11-,13+/m1/s1. The minimum Gasteiger partial charge on any atom is -0.394 e. The van der Waals surface area contributed by atoms with Crippen LogP contribution in [0.2, 0.25) is 0 Å². The van der Waals surface area contributed by atoms with Crippen molar-refractivity contribution < 1.29 is 5.11 Å². The molecule has 1 saturated heterocycles. The van der Waals surface area contributed by atoms with E-state index in [0.717, 1.165) is 19.4 Å². The van der Waals surface area contributed by atoms with Crippen molar-refractivity contribution in [3.8, 4) is 6.07 Å². The number of rotatable bonds is 2. The van der Waals surface area contributed by atoms with E-state index in [-0.39, 0.29) is 18.1 Å². The highest BCUT2D eigenvalue weighted by Crippen LogP contribution is 2.37. The average molecular weight is 274 g/mol. The molecule has 0 aromatic carbocycles. The fourth-order valence-electron chi connectivity index (χ4n) is 2.82. The second-order valence-corrected chi connectivity index (χ2v) is 6.47. The molecule has 1 aliphatic rings. The number of nitrogens with zero attached hydrogens (tertiary/aromatic N) is 4. The summed E-state index contributed by atoms with van der Waals surface area (Å²) in [6.07, 6.45) is 3.59. The zero-order valence-corrected chi connectivity index (χ0v) is 12.4. The van der Waals surface area contributed by atoms with Gasteiger partial charge in [-0.15, -0.1) is 0 Å². The monoisotopic (exact) mass is 274 g/mol. The fraction of sp³-hybridized carbons (Fsp3) is 0.667. The molecule has 0 radical (unpaired) electrons. The Morgan fingerprint density at radius 1 is 1.50 bits per heavy atom. The third-order valence-electron chi connectivity index (χ3n) is 4.17. The van der Waals surface area contributed by atoms with Crippen LogP contribution in [0.3, 0.4) is 0 Å². The molecule has 5 nitrogen and oxygen atoms in total. The number of aliphatic hydroxyl groups is 1. The Labute approximate surface area is 120 Å². The summed E-state index contributed by atoms with van der Waals surface area (Å²) < 4.78 is 0. The van der Waals surface area contributed by atoms with Crippen molar-refractivity contribution >= 4 is 5.95 Å². The summed E-state index contributed by atoms with van der Waals surface area (Å²) in [6.45, 7) is 7.65. The molecule has 2 rings (SSSR count). The summed E-state index contributed by atoms with van der Waals surface area (Å²) >= 11 is 0. The Bertz CT molecular complexity index is 503. The molecule has 5 heteroatoms. The van der Waals surface area contributed by atoms with Gasteiger partial charge in [-0.2, -0.15) is 5.26 Å². The first kappa shape index (κ1) is 14.7. The molecule has 2 atom stereocenters.